The number of nitrogens with zero attached hydrogens (tertiary/aromatic N) is 2. The molecule has 214 valence electrons. The molecule has 0 amide bonds. The molecule has 2 aromatic heterocycles. The maximum absolute atomic E-state index is 5.36. The molecule has 0 unspecified atom stereocenters. The highest BCUT2D eigenvalue weighted by atomic mass is 15.0. The van der Waals surface area contributed by atoms with Crippen LogP contribution >= 0.6 is 0 Å². The standard InChI is InChI=1S/C43H32N2/c1-3-30-14-10-12-19-36(30)42-29(2)41(38-27-26-31-15-11-13-20-37(31)43(38)44-42)33-24-22-32(23-25-33)40-28-34-16-6-4-9-21-39(34)45(40)35-17-7-5-8-18-35/h3,5-28H,1,4H2,2H3. The van der Waals surface area contributed by atoms with Gasteiger partial charge in [0.2, 0.25) is 0 Å². The van der Waals surface area contributed by atoms with E-state index >= 15 is 0 Å². The van der Waals surface area contributed by atoms with Gasteiger partial charge >= 0.3 is 0 Å². The molecule has 2 nitrogen and oxygen atoms in total. The van der Waals surface area contributed by atoms with Crippen molar-refractivity contribution < 1.29 is 0 Å². The zero-order chi connectivity index (χ0) is 30.3. The molecule has 45 heavy (non-hydrogen) atoms. The molecule has 0 saturated carbocycles. The van der Waals surface area contributed by atoms with Gasteiger partial charge in [0.15, 0.2) is 0 Å². The molecule has 0 radical (unpaired) electrons. The predicted molar refractivity (Wildman–Crippen MR) is 192 cm³/mol. The summed E-state index contributed by atoms with van der Waals surface area (Å²) in [4.78, 5) is 5.36. The van der Waals surface area contributed by atoms with E-state index in [1.54, 1.807) is 0 Å². The molecular formula is C43H32N2. The number of hydrogen-bond acceptors (Lipinski definition) is 1. The fourth-order valence-corrected chi connectivity index (χ4v) is 6.80. The molecular weight excluding hydrogens is 544 g/mol. The lowest BCUT2D eigenvalue weighted by Crippen LogP contribution is -2.00. The summed E-state index contributed by atoms with van der Waals surface area (Å²) >= 11 is 0. The van der Waals surface area contributed by atoms with Crippen molar-refractivity contribution in [2.24, 2.45) is 0 Å². The third-order valence-corrected chi connectivity index (χ3v) is 8.96. The lowest BCUT2D eigenvalue weighted by atomic mass is 9.90. The van der Waals surface area contributed by atoms with Crippen LogP contribution < -0.4 is 0 Å². The van der Waals surface area contributed by atoms with Gasteiger partial charge in [0.1, 0.15) is 0 Å². The summed E-state index contributed by atoms with van der Waals surface area (Å²) in [5.41, 5.74) is 13.7. The second-order valence-corrected chi connectivity index (χ2v) is 11.6. The first-order valence-electron chi connectivity index (χ1n) is 15.5. The number of aromatic nitrogens is 2. The molecule has 0 aliphatic heterocycles. The lowest BCUT2D eigenvalue weighted by molar-refractivity contribution is 1.07. The van der Waals surface area contributed by atoms with Gasteiger partial charge in [0.05, 0.1) is 22.6 Å². The Kier molecular flexibility index (Phi) is 6.61. The summed E-state index contributed by atoms with van der Waals surface area (Å²) in [5.74, 6) is 0. The number of allylic oxidation sites excluding steroid dienone is 2. The Bertz CT molecular complexity index is 2300. The molecule has 0 fully saturated rings. The summed E-state index contributed by atoms with van der Waals surface area (Å²) in [6.07, 6.45) is 11.8. The molecule has 0 spiro atoms. The van der Waals surface area contributed by atoms with E-state index in [9.17, 15) is 0 Å². The summed E-state index contributed by atoms with van der Waals surface area (Å²) in [7, 11) is 0. The third kappa shape index (κ3) is 4.54. The predicted octanol–water partition coefficient (Wildman–Crippen LogP) is 11.6. The molecule has 0 bridgehead atoms. The zero-order valence-electron chi connectivity index (χ0n) is 25.2. The van der Waals surface area contributed by atoms with Crippen LogP contribution in [-0.4, -0.2) is 9.55 Å². The van der Waals surface area contributed by atoms with Crippen molar-refractivity contribution in [1.82, 2.24) is 9.55 Å². The normalized spacial score (nSPS) is 12.4. The second-order valence-electron chi connectivity index (χ2n) is 11.6. The van der Waals surface area contributed by atoms with Crippen LogP contribution in [0.2, 0.25) is 0 Å². The molecule has 2 heterocycles. The highest BCUT2D eigenvalue weighted by Gasteiger charge is 2.20. The number of fused-ring (bicyclic) bond motifs is 4. The number of hydrogen-bond donors (Lipinski definition) is 0. The average molecular weight is 577 g/mol. The highest BCUT2D eigenvalue weighted by Crippen LogP contribution is 2.41. The van der Waals surface area contributed by atoms with Gasteiger partial charge in [-0.15, -0.1) is 0 Å². The Morgan fingerprint density at radius 3 is 2.29 bits per heavy atom. The van der Waals surface area contributed by atoms with Crippen LogP contribution in [0.25, 0.3) is 79.2 Å². The SMILES string of the molecule is C=Cc1ccccc1-c1nc2c(ccc3ccccc32)c(-c2ccc(-c3cc4c(n3-c3ccccc3)C=CCC=C4)cc2)c1C. The van der Waals surface area contributed by atoms with Crippen molar-refractivity contribution in [2.45, 2.75) is 13.3 Å². The van der Waals surface area contributed by atoms with Crippen LogP contribution in [0.3, 0.4) is 0 Å². The largest absolute Gasteiger partial charge is 0.309 e. The minimum absolute atomic E-state index is 0.946. The number of para-hydroxylation sites is 1. The van der Waals surface area contributed by atoms with E-state index in [1.165, 1.54) is 39.0 Å². The Balaban J connectivity index is 1.35. The Morgan fingerprint density at radius 1 is 0.711 bits per heavy atom. The summed E-state index contributed by atoms with van der Waals surface area (Å²) in [6, 6.07) is 43.4. The van der Waals surface area contributed by atoms with E-state index < -0.39 is 0 Å². The molecule has 0 saturated heterocycles. The first-order chi connectivity index (χ1) is 22.2. The van der Waals surface area contributed by atoms with Gasteiger partial charge in [0.25, 0.3) is 0 Å². The van der Waals surface area contributed by atoms with Gasteiger partial charge in [-0.2, -0.15) is 0 Å². The molecule has 0 atom stereocenters. The van der Waals surface area contributed by atoms with Gasteiger partial charge < -0.3 is 4.57 Å². The Hall–Kier alpha value is -5.73. The van der Waals surface area contributed by atoms with Crippen LogP contribution in [0.15, 0.2) is 140 Å². The van der Waals surface area contributed by atoms with E-state index in [4.69, 9.17) is 4.98 Å². The van der Waals surface area contributed by atoms with Gasteiger partial charge in [-0.3, -0.25) is 0 Å². The van der Waals surface area contributed by atoms with E-state index in [-0.39, 0.29) is 0 Å². The minimum Gasteiger partial charge on any atom is -0.309 e. The fraction of sp³-hybridized carbons (Fsp3) is 0.0465. The van der Waals surface area contributed by atoms with E-state index in [1.807, 2.05) is 6.08 Å². The molecule has 8 rings (SSSR count). The van der Waals surface area contributed by atoms with Gasteiger partial charge in [-0.05, 0) is 70.8 Å². The Labute approximate surface area is 264 Å². The van der Waals surface area contributed by atoms with Crippen LogP contribution in [-0.2, 0) is 0 Å². The maximum atomic E-state index is 5.36. The second kappa shape index (κ2) is 11.1. The monoisotopic (exact) mass is 576 g/mol. The smallest absolute Gasteiger partial charge is 0.0794 e. The highest BCUT2D eigenvalue weighted by molar-refractivity contribution is 6.12. The maximum Gasteiger partial charge on any atom is 0.0794 e. The third-order valence-electron chi connectivity index (χ3n) is 8.96. The average Bonchev–Trinajstić information content (AvgIpc) is 3.30. The van der Waals surface area contributed by atoms with Gasteiger partial charge in [0, 0.05) is 27.6 Å². The Morgan fingerprint density at radius 2 is 1.44 bits per heavy atom. The van der Waals surface area contributed by atoms with Gasteiger partial charge in [-0.1, -0.05) is 134 Å². The van der Waals surface area contributed by atoms with Crippen LogP contribution in [0.5, 0.6) is 0 Å². The minimum atomic E-state index is 0.946. The van der Waals surface area contributed by atoms with Crippen molar-refractivity contribution in [1.29, 1.82) is 0 Å². The van der Waals surface area contributed by atoms with Crippen LogP contribution in [0.1, 0.15) is 28.8 Å². The summed E-state index contributed by atoms with van der Waals surface area (Å²) in [6.45, 7) is 6.30. The molecule has 7 aromatic rings. The van der Waals surface area contributed by atoms with Crippen molar-refractivity contribution in [3.05, 3.63) is 162 Å². The quantitative estimate of drug-likeness (QED) is 0.186. The molecule has 1 aliphatic carbocycles. The molecule has 1 aliphatic rings. The molecule has 5 aromatic carbocycles. The van der Waals surface area contributed by atoms with Crippen LogP contribution in [0.4, 0.5) is 0 Å². The van der Waals surface area contributed by atoms with E-state index in [0.29, 0.717) is 0 Å². The first kappa shape index (κ1) is 26.9. The van der Waals surface area contributed by atoms with Crippen LogP contribution in [0, 0.1) is 6.92 Å². The molecule has 0 N–H and O–H groups in total. The molecule has 2 heteroatoms. The van der Waals surface area contributed by atoms with Crippen molar-refractivity contribution in [2.75, 3.05) is 0 Å². The van der Waals surface area contributed by atoms with Gasteiger partial charge in [-0.25, -0.2) is 4.98 Å². The number of benzene rings is 5. The van der Waals surface area contributed by atoms with Crippen molar-refractivity contribution in [3.63, 3.8) is 0 Å². The van der Waals surface area contributed by atoms with E-state index in [0.717, 1.165) is 50.8 Å². The topological polar surface area (TPSA) is 17.8 Å². The summed E-state index contributed by atoms with van der Waals surface area (Å²) < 4.78 is 2.38. The zero-order valence-corrected chi connectivity index (χ0v) is 25.2. The van der Waals surface area contributed by atoms with Crippen molar-refractivity contribution in [3.8, 4) is 39.3 Å². The number of rotatable bonds is 5. The fourth-order valence-electron chi connectivity index (χ4n) is 6.80. The van der Waals surface area contributed by atoms with E-state index in [2.05, 4.69) is 164 Å². The first-order valence-corrected chi connectivity index (χ1v) is 15.5. The lowest BCUT2D eigenvalue weighted by Gasteiger charge is -2.18. The summed E-state index contributed by atoms with van der Waals surface area (Å²) in [5, 5.41) is 3.51. The number of pyridine rings is 1. The van der Waals surface area contributed by atoms with Crippen molar-refractivity contribution >= 4 is 39.9 Å².